The van der Waals surface area contributed by atoms with Crippen LogP contribution in [0.25, 0.3) is 0 Å². The smallest absolute Gasteiger partial charge is 0.240 e. The predicted octanol–water partition coefficient (Wildman–Crippen LogP) is 1.92. The Morgan fingerprint density at radius 3 is 2.63 bits per heavy atom. The fourth-order valence-electron chi connectivity index (χ4n) is 3.42. The molecule has 0 radical (unpaired) electrons. The van der Waals surface area contributed by atoms with Gasteiger partial charge in [-0.05, 0) is 38.8 Å². The zero-order valence-corrected chi connectivity index (χ0v) is 12.1. The number of hydrogen-bond donors (Lipinski definition) is 1. The highest BCUT2D eigenvalue weighted by Gasteiger charge is 2.41. The lowest BCUT2D eigenvalue weighted by Gasteiger charge is -2.37. The Kier molecular flexibility index (Phi) is 4.46. The number of rotatable bonds is 2. The number of nitriles is 1. The summed E-state index contributed by atoms with van der Waals surface area (Å²) in [4.78, 5) is 14.8. The lowest BCUT2D eigenvalue weighted by atomic mass is 9.74. The first-order chi connectivity index (χ1) is 9.07. The lowest BCUT2D eigenvalue weighted by Crippen LogP contribution is -2.53. The van der Waals surface area contributed by atoms with Crippen molar-refractivity contribution in [2.24, 2.45) is 11.3 Å². The maximum atomic E-state index is 12.5. The maximum absolute atomic E-state index is 12.5. The minimum atomic E-state index is -0.749. The summed E-state index contributed by atoms with van der Waals surface area (Å²) in [6.45, 7) is 4.22. The lowest BCUT2D eigenvalue weighted by molar-refractivity contribution is -0.131. The van der Waals surface area contributed by atoms with Crippen LogP contribution in [0.4, 0.5) is 0 Å². The average Bonchev–Trinajstić information content (AvgIpc) is 2.42. The van der Waals surface area contributed by atoms with Crippen molar-refractivity contribution in [1.82, 2.24) is 10.2 Å². The van der Waals surface area contributed by atoms with Gasteiger partial charge < -0.3 is 10.2 Å². The Balaban J connectivity index is 1.98. The van der Waals surface area contributed by atoms with E-state index >= 15 is 0 Å². The first-order valence-corrected chi connectivity index (χ1v) is 7.48. The van der Waals surface area contributed by atoms with Crippen molar-refractivity contribution in [2.75, 3.05) is 20.1 Å². The van der Waals surface area contributed by atoms with E-state index in [2.05, 4.69) is 30.3 Å². The first-order valence-electron chi connectivity index (χ1n) is 7.48. The van der Waals surface area contributed by atoms with E-state index in [1.807, 2.05) is 0 Å². The van der Waals surface area contributed by atoms with Gasteiger partial charge in [-0.1, -0.05) is 26.2 Å². The van der Waals surface area contributed by atoms with Crippen LogP contribution >= 0.6 is 0 Å². The number of piperidine rings is 1. The van der Waals surface area contributed by atoms with Crippen LogP contribution in [0.3, 0.4) is 0 Å². The van der Waals surface area contributed by atoms with E-state index in [1.165, 1.54) is 0 Å². The third-order valence-electron chi connectivity index (χ3n) is 4.78. The molecule has 0 aromatic heterocycles. The Morgan fingerprint density at radius 1 is 1.37 bits per heavy atom. The molecule has 1 saturated carbocycles. The molecular formula is C15H25N3O. The van der Waals surface area contributed by atoms with Gasteiger partial charge in [0.2, 0.25) is 5.91 Å². The second-order valence-corrected chi connectivity index (χ2v) is 6.36. The molecule has 2 unspecified atom stereocenters. The van der Waals surface area contributed by atoms with Crippen molar-refractivity contribution in [3.05, 3.63) is 0 Å². The molecule has 2 fully saturated rings. The minimum Gasteiger partial charge on any atom is -0.352 e. The Hall–Kier alpha value is -1.08. The highest BCUT2D eigenvalue weighted by atomic mass is 16.2. The van der Waals surface area contributed by atoms with Gasteiger partial charge in [0.25, 0.3) is 0 Å². The zero-order chi connectivity index (χ0) is 13.9. The largest absolute Gasteiger partial charge is 0.352 e. The number of likely N-dealkylation sites (tertiary alicyclic amines) is 1. The van der Waals surface area contributed by atoms with E-state index in [9.17, 15) is 10.1 Å². The van der Waals surface area contributed by atoms with Crippen molar-refractivity contribution in [1.29, 1.82) is 5.26 Å². The predicted molar refractivity (Wildman–Crippen MR) is 74.3 cm³/mol. The number of nitrogens with one attached hydrogen (secondary N) is 1. The molecule has 2 atom stereocenters. The highest BCUT2D eigenvalue weighted by Crippen LogP contribution is 2.36. The van der Waals surface area contributed by atoms with Crippen LogP contribution in [0.1, 0.15) is 45.4 Å². The quantitative estimate of drug-likeness (QED) is 0.828. The molecule has 2 aliphatic rings. The Labute approximate surface area is 116 Å². The standard InChI is InChI=1S/C15H25N3O/c1-12-10-18(2)9-6-13(12)17-14(19)15(11-16)7-4-3-5-8-15/h12-13H,3-10H2,1-2H3,(H,17,19). The van der Waals surface area contributed by atoms with Crippen LogP contribution in [-0.2, 0) is 4.79 Å². The van der Waals surface area contributed by atoms with Crippen molar-refractivity contribution in [2.45, 2.75) is 51.5 Å². The number of carbonyl (C=O) groups is 1. The van der Waals surface area contributed by atoms with Crippen LogP contribution in [0.5, 0.6) is 0 Å². The maximum Gasteiger partial charge on any atom is 0.240 e. The molecule has 0 aromatic carbocycles. The molecule has 1 aliphatic heterocycles. The zero-order valence-electron chi connectivity index (χ0n) is 12.1. The van der Waals surface area contributed by atoms with Gasteiger partial charge in [-0.3, -0.25) is 4.79 Å². The van der Waals surface area contributed by atoms with Crippen LogP contribution in [0.15, 0.2) is 0 Å². The summed E-state index contributed by atoms with van der Waals surface area (Å²) >= 11 is 0. The first kappa shape index (κ1) is 14.3. The molecule has 0 spiro atoms. The molecule has 1 N–H and O–H groups in total. The van der Waals surface area contributed by atoms with Crippen molar-refractivity contribution >= 4 is 5.91 Å². The van der Waals surface area contributed by atoms with Crippen LogP contribution in [0.2, 0.25) is 0 Å². The number of carbonyl (C=O) groups excluding carboxylic acids is 1. The Bertz CT molecular complexity index is 368. The monoisotopic (exact) mass is 263 g/mol. The Morgan fingerprint density at radius 2 is 2.05 bits per heavy atom. The third-order valence-corrected chi connectivity index (χ3v) is 4.78. The van der Waals surface area contributed by atoms with Gasteiger partial charge in [-0.25, -0.2) is 0 Å². The fourth-order valence-corrected chi connectivity index (χ4v) is 3.42. The van der Waals surface area contributed by atoms with Gasteiger partial charge in [0.1, 0.15) is 5.41 Å². The van der Waals surface area contributed by atoms with E-state index in [-0.39, 0.29) is 11.9 Å². The van der Waals surface area contributed by atoms with E-state index < -0.39 is 5.41 Å². The van der Waals surface area contributed by atoms with Crippen LogP contribution in [0, 0.1) is 22.7 Å². The molecule has 4 heteroatoms. The van der Waals surface area contributed by atoms with Gasteiger partial charge >= 0.3 is 0 Å². The second-order valence-electron chi connectivity index (χ2n) is 6.36. The van der Waals surface area contributed by atoms with Crippen molar-refractivity contribution in [3.63, 3.8) is 0 Å². The van der Waals surface area contributed by atoms with E-state index in [0.717, 1.165) is 51.6 Å². The summed E-state index contributed by atoms with van der Waals surface area (Å²) in [5.74, 6) is 0.443. The van der Waals surface area contributed by atoms with Gasteiger partial charge in [-0.15, -0.1) is 0 Å². The molecule has 19 heavy (non-hydrogen) atoms. The molecule has 2 rings (SSSR count). The number of hydrogen-bond acceptors (Lipinski definition) is 3. The molecule has 4 nitrogen and oxygen atoms in total. The fraction of sp³-hybridized carbons (Fsp3) is 0.867. The summed E-state index contributed by atoms with van der Waals surface area (Å²) in [5.41, 5.74) is -0.749. The van der Waals surface area contributed by atoms with E-state index in [4.69, 9.17) is 0 Å². The minimum absolute atomic E-state index is 0.0175. The SMILES string of the molecule is CC1CN(C)CCC1NC(=O)C1(C#N)CCCCC1. The number of amides is 1. The summed E-state index contributed by atoms with van der Waals surface area (Å²) in [7, 11) is 2.12. The summed E-state index contributed by atoms with van der Waals surface area (Å²) in [6, 6.07) is 2.54. The second kappa shape index (κ2) is 5.92. The molecule has 106 valence electrons. The van der Waals surface area contributed by atoms with Gasteiger partial charge in [0, 0.05) is 12.6 Å². The summed E-state index contributed by atoms with van der Waals surface area (Å²) < 4.78 is 0. The topological polar surface area (TPSA) is 56.1 Å². The highest BCUT2D eigenvalue weighted by molar-refractivity contribution is 5.85. The van der Waals surface area contributed by atoms with E-state index in [0.29, 0.717) is 5.92 Å². The van der Waals surface area contributed by atoms with Crippen molar-refractivity contribution < 1.29 is 4.79 Å². The van der Waals surface area contributed by atoms with Crippen LogP contribution < -0.4 is 5.32 Å². The van der Waals surface area contributed by atoms with Crippen LogP contribution in [-0.4, -0.2) is 37.0 Å². The molecular weight excluding hydrogens is 238 g/mol. The molecule has 0 aromatic rings. The van der Waals surface area contributed by atoms with Gasteiger partial charge in [0.05, 0.1) is 6.07 Å². The molecule has 1 saturated heterocycles. The van der Waals surface area contributed by atoms with E-state index in [1.54, 1.807) is 0 Å². The third kappa shape index (κ3) is 3.09. The average molecular weight is 263 g/mol. The number of nitrogens with zero attached hydrogens (tertiary/aromatic N) is 2. The molecule has 1 aliphatic carbocycles. The molecule has 1 amide bonds. The summed E-state index contributed by atoms with van der Waals surface area (Å²) in [5, 5.41) is 12.6. The molecule has 0 bridgehead atoms. The van der Waals surface area contributed by atoms with Gasteiger partial charge in [-0.2, -0.15) is 5.26 Å². The van der Waals surface area contributed by atoms with Gasteiger partial charge in [0.15, 0.2) is 0 Å². The summed E-state index contributed by atoms with van der Waals surface area (Å²) in [6.07, 6.45) is 5.62. The molecule has 1 heterocycles. The van der Waals surface area contributed by atoms with Crippen molar-refractivity contribution in [3.8, 4) is 6.07 Å². The normalized spacial score (nSPS) is 31.4.